The molecule has 3 rings (SSSR count). The number of hydrogen-bond acceptors (Lipinski definition) is 3. The van der Waals surface area contributed by atoms with Crippen molar-refractivity contribution in [2.24, 2.45) is 5.92 Å². The van der Waals surface area contributed by atoms with E-state index in [9.17, 15) is 8.42 Å². The van der Waals surface area contributed by atoms with Crippen LogP contribution < -0.4 is 5.32 Å². The molecule has 1 aromatic rings. The monoisotopic (exact) mass is 314 g/mol. The average molecular weight is 315 g/mol. The zero-order chi connectivity index (χ0) is 14.3. The zero-order valence-electron chi connectivity index (χ0n) is 11.5. The molecule has 2 aliphatic heterocycles. The molecule has 6 heteroatoms. The number of hydrogen-bond donors (Lipinski definition) is 1. The lowest BCUT2D eigenvalue weighted by Crippen LogP contribution is -2.48. The van der Waals surface area contributed by atoms with E-state index in [1.165, 1.54) is 0 Å². The Morgan fingerprint density at radius 3 is 2.90 bits per heavy atom. The van der Waals surface area contributed by atoms with Crippen LogP contribution in [0.2, 0.25) is 5.02 Å². The van der Waals surface area contributed by atoms with Crippen molar-refractivity contribution in [2.45, 2.75) is 30.7 Å². The highest BCUT2D eigenvalue weighted by Crippen LogP contribution is 2.33. The third-order valence-electron chi connectivity index (χ3n) is 4.30. The fraction of sp³-hybridized carbons (Fsp3) is 0.571. The molecule has 0 saturated carbocycles. The molecule has 110 valence electrons. The molecule has 0 aliphatic carbocycles. The average Bonchev–Trinajstić information content (AvgIpc) is 2.85. The minimum Gasteiger partial charge on any atom is -0.315 e. The zero-order valence-corrected chi connectivity index (χ0v) is 13.0. The van der Waals surface area contributed by atoms with Gasteiger partial charge in [0.1, 0.15) is 4.90 Å². The summed E-state index contributed by atoms with van der Waals surface area (Å²) in [6.07, 6.45) is 2.02. The molecule has 1 N–H and O–H groups in total. The Bertz CT molecular complexity index is 618. The maximum atomic E-state index is 12.9. The van der Waals surface area contributed by atoms with Crippen molar-refractivity contribution in [3.05, 3.63) is 28.8 Å². The van der Waals surface area contributed by atoms with Crippen molar-refractivity contribution < 1.29 is 8.42 Å². The van der Waals surface area contributed by atoms with E-state index in [-0.39, 0.29) is 10.9 Å². The normalized spacial score (nSPS) is 27.5. The fourth-order valence-corrected chi connectivity index (χ4v) is 5.56. The number of benzene rings is 1. The third kappa shape index (κ3) is 2.37. The largest absolute Gasteiger partial charge is 0.315 e. The molecule has 20 heavy (non-hydrogen) atoms. The van der Waals surface area contributed by atoms with E-state index < -0.39 is 10.0 Å². The summed E-state index contributed by atoms with van der Waals surface area (Å²) in [6.45, 7) is 4.15. The van der Waals surface area contributed by atoms with Crippen LogP contribution in [-0.2, 0) is 10.0 Å². The lowest BCUT2D eigenvalue weighted by molar-refractivity contribution is 0.217. The van der Waals surface area contributed by atoms with Crippen LogP contribution in [0.15, 0.2) is 23.1 Å². The fourth-order valence-electron chi connectivity index (χ4n) is 3.27. The summed E-state index contributed by atoms with van der Waals surface area (Å²) < 4.78 is 27.4. The first-order valence-corrected chi connectivity index (χ1v) is 8.80. The number of rotatable bonds is 2. The van der Waals surface area contributed by atoms with Crippen molar-refractivity contribution in [1.29, 1.82) is 0 Å². The Balaban J connectivity index is 1.98. The highest BCUT2D eigenvalue weighted by Gasteiger charge is 2.41. The first kappa shape index (κ1) is 14.3. The number of nitrogens with one attached hydrogen (secondary N) is 1. The summed E-state index contributed by atoms with van der Waals surface area (Å²) in [4.78, 5) is 0.234. The molecule has 2 unspecified atom stereocenters. The maximum absolute atomic E-state index is 12.9. The van der Waals surface area contributed by atoms with Gasteiger partial charge in [-0.1, -0.05) is 17.7 Å². The molecule has 2 atom stereocenters. The van der Waals surface area contributed by atoms with Gasteiger partial charge in [0.15, 0.2) is 0 Å². The quantitative estimate of drug-likeness (QED) is 0.908. The first-order chi connectivity index (χ1) is 9.50. The van der Waals surface area contributed by atoms with E-state index in [1.54, 1.807) is 22.5 Å². The van der Waals surface area contributed by atoms with Gasteiger partial charge in [-0.25, -0.2) is 8.42 Å². The summed E-state index contributed by atoms with van der Waals surface area (Å²) in [5, 5.41) is 3.62. The molecule has 2 saturated heterocycles. The Morgan fingerprint density at radius 1 is 1.35 bits per heavy atom. The van der Waals surface area contributed by atoms with E-state index in [0.717, 1.165) is 31.5 Å². The van der Waals surface area contributed by atoms with Gasteiger partial charge in [-0.2, -0.15) is 4.31 Å². The van der Waals surface area contributed by atoms with Crippen molar-refractivity contribution in [2.75, 3.05) is 19.6 Å². The number of fused-ring (bicyclic) bond motifs is 1. The van der Waals surface area contributed by atoms with Crippen LogP contribution in [0.25, 0.3) is 0 Å². The van der Waals surface area contributed by atoms with Crippen LogP contribution in [0.4, 0.5) is 0 Å². The molecule has 2 fully saturated rings. The van der Waals surface area contributed by atoms with E-state index in [1.807, 2.05) is 6.92 Å². The molecular weight excluding hydrogens is 296 g/mol. The van der Waals surface area contributed by atoms with Gasteiger partial charge in [0.2, 0.25) is 10.0 Å². The maximum Gasteiger partial charge on any atom is 0.244 e. The van der Waals surface area contributed by atoms with Gasteiger partial charge in [0, 0.05) is 19.1 Å². The summed E-state index contributed by atoms with van der Waals surface area (Å²) in [6, 6.07) is 5.21. The molecule has 0 bridgehead atoms. The number of nitrogens with zero attached hydrogens (tertiary/aromatic N) is 1. The van der Waals surface area contributed by atoms with E-state index in [2.05, 4.69) is 5.32 Å². The highest BCUT2D eigenvalue weighted by atomic mass is 35.5. The number of sulfonamides is 1. The van der Waals surface area contributed by atoms with Gasteiger partial charge in [0.25, 0.3) is 0 Å². The van der Waals surface area contributed by atoms with Crippen LogP contribution in [0.5, 0.6) is 0 Å². The minimum absolute atomic E-state index is 0.0751. The second-order valence-electron chi connectivity index (χ2n) is 5.68. The van der Waals surface area contributed by atoms with Gasteiger partial charge in [0.05, 0.1) is 5.02 Å². The Morgan fingerprint density at radius 2 is 2.15 bits per heavy atom. The van der Waals surface area contributed by atoms with Crippen molar-refractivity contribution >= 4 is 21.6 Å². The molecule has 4 nitrogen and oxygen atoms in total. The predicted octanol–water partition coefficient (Wildman–Crippen LogP) is 2.02. The molecular formula is C14H19ClN2O2S. The molecule has 2 heterocycles. The molecule has 0 spiro atoms. The molecule has 2 aliphatic rings. The Labute approximate surface area is 125 Å². The Hall–Kier alpha value is -0.620. The van der Waals surface area contributed by atoms with Gasteiger partial charge in [-0.15, -0.1) is 0 Å². The van der Waals surface area contributed by atoms with Gasteiger partial charge < -0.3 is 5.32 Å². The van der Waals surface area contributed by atoms with Crippen LogP contribution in [0, 0.1) is 12.8 Å². The van der Waals surface area contributed by atoms with Crippen LogP contribution in [-0.4, -0.2) is 38.4 Å². The summed E-state index contributed by atoms with van der Waals surface area (Å²) in [5.41, 5.74) is 0.966. The topological polar surface area (TPSA) is 49.4 Å². The van der Waals surface area contributed by atoms with Crippen molar-refractivity contribution in [1.82, 2.24) is 9.62 Å². The molecule has 0 radical (unpaired) electrons. The van der Waals surface area contributed by atoms with Gasteiger partial charge in [-0.05, 0) is 49.9 Å². The lowest BCUT2D eigenvalue weighted by atomic mass is 9.94. The first-order valence-electron chi connectivity index (χ1n) is 6.99. The predicted molar refractivity (Wildman–Crippen MR) is 79.5 cm³/mol. The standard InChI is InChI=1S/C14H19ClN2O2S/c1-10-4-5-14(12(15)7-10)20(18,19)17-6-2-3-11-8-16-9-13(11)17/h4-5,7,11,13,16H,2-3,6,8-9H2,1H3. The van der Waals surface area contributed by atoms with Crippen LogP contribution >= 0.6 is 11.6 Å². The third-order valence-corrected chi connectivity index (χ3v) is 6.71. The SMILES string of the molecule is Cc1ccc(S(=O)(=O)N2CCCC3CNCC32)c(Cl)c1. The minimum atomic E-state index is -3.50. The smallest absolute Gasteiger partial charge is 0.244 e. The summed E-state index contributed by atoms with van der Waals surface area (Å²) in [5.74, 6) is 0.433. The molecule has 1 aromatic carbocycles. The van der Waals surface area contributed by atoms with E-state index in [0.29, 0.717) is 17.5 Å². The Kier molecular flexibility index (Phi) is 3.79. The van der Waals surface area contributed by atoms with E-state index >= 15 is 0 Å². The second kappa shape index (κ2) is 5.30. The summed E-state index contributed by atoms with van der Waals surface area (Å²) >= 11 is 6.15. The number of aryl methyl sites for hydroxylation is 1. The van der Waals surface area contributed by atoms with Crippen LogP contribution in [0.3, 0.4) is 0 Å². The second-order valence-corrected chi connectivity index (χ2v) is 7.94. The van der Waals surface area contributed by atoms with Crippen LogP contribution in [0.1, 0.15) is 18.4 Å². The van der Waals surface area contributed by atoms with Gasteiger partial charge in [-0.3, -0.25) is 0 Å². The van der Waals surface area contributed by atoms with Gasteiger partial charge >= 0.3 is 0 Å². The number of halogens is 1. The molecule has 0 aromatic heterocycles. The molecule has 0 amide bonds. The van der Waals surface area contributed by atoms with Crippen molar-refractivity contribution in [3.63, 3.8) is 0 Å². The highest BCUT2D eigenvalue weighted by molar-refractivity contribution is 7.89. The lowest BCUT2D eigenvalue weighted by Gasteiger charge is -2.36. The summed E-state index contributed by atoms with van der Waals surface area (Å²) in [7, 11) is -3.50. The number of piperidine rings is 1. The van der Waals surface area contributed by atoms with Crippen molar-refractivity contribution in [3.8, 4) is 0 Å². The van der Waals surface area contributed by atoms with E-state index in [4.69, 9.17) is 11.6 Å².